The Morgan fingerprint density at radius 2 is 1.79 bits per heavy atom. The summed E-state index contributed by atoms with van der Waals surface area (Å²) in [5, 5.41) is 0. The molecule has 2 saturated carbocycles. The second-order valence-electron chi connectivity index (χ2n) is 9.29. The van der Waals surface area contributed by atoms with E-state index in [1.807, 2.05) is 0 Å². The molecule has 1 heterocycles. The zero-order valence-electron chi connectivity index (χ0n) is 17.9. The molecule has 6 nitrogen and oxygen atoms in total. The van der Waals surface area contributed by atoms with Gasteiger partial charge in [-0.05, 0) is 64.1 Å². The Morgan fingerprint density at radius 1 is 1.14 bits per heavy atom. The maximum absolute atomic E-state index is 13.2. The smallest absolute Gasteiger partial charge is 0.325 e. The number of amides is 2. The number of esters is 1. The highest BCUT2D eigenvalue weighted by atomic mass is 16.5. The number of methoxy groups -OCH3 is 1. The minimum Gasteiger partial charge on any atom is -0.468 e. The van der Waals surface area contributed by atoms with Gasteiger partial charge in [0.15, 0.2) is 0 Å². The van der Waals surface area contributed by atoms with Crippen LogP contribution in [0.1, 0.15) is 44.1 Å². The summed E-state index contributed by atoms with van der Waals surface area (Å²) in [5.74, 6) is 0.285. The highest BCUT2D eigenvalue weighted by Crippen LogP contribution is 2.49. The minimum absolute atomic E-state index is 0.00340. The van der Waals surface area contributed by atoms with E-state index < -0.39 is 0 Å². The summed E-state index contributed by atoms with van der Waals surface area (Å²) in [6.07, 6.45) is 6.34. The number of benzene rings is 1. The lowest BCUT2D eigenvalue weighted by atomic mass is 9.68. The average molecular weight is 400 g/mol. The van der Waals surface area contributed by atoms with Gasteiger partial charge in [0.05, 0.1) is 12.6 Å². The van der Waals surface area contributed by atoms with Crippen LogP contribution in [0.4, 0.5) is 4.79 Å². The van der Waals surface area contributed by atoms with Crippen LogP contribution in [-0.4, -0.2) is 73.1 Å². The largest absolute Gasteiger partial charge is 0.468 e. The van der Waals surface area contributed by atoms with E-state index in [2.05, 4.69) is 54.2 Å². The molecule has 1 aromatic carbocycles. The van der Waals surface area contributed by atoms with Gasteiger partial charge in [0.25, 0.3) is 0 Å². The monoisotopic (exact) mass is 399 g/mol. The second kappa shape index (κ2) is 7.63. The molecule has 1 aliphatic heterocycles. The van der Waals surface area contributed by atoms with Crippen LogP contribution in [0.5, 0.6) is 0 Å². The van der Waals surface area contributed by atoms with Crippen LogP contribution in [0.3, 0.4) is 0 Å². The summed E-state index contributed by atoms with van der Waals surface area (Å²) < 4.78 is 4.83. The predicted molar refractivity (Wildman–Crippen MR) is 111 cm³/mol. The lowest BCUT2D eigenvalue weighted by Gasteiger charge is -2.51. The van der Waals surface area contributed by atoms with Crippen molar-refractivity contribution in [1.82, 2.24) is 14.7 Å². The van der Waals surface area contributed by atoms with E-state index in [0.717, 1.165) is 32.2 Å². The summed E-state index contributed by atoms with van der Waals surface area (Å²) in [6, 6.07) is 10.8. The Balaban J connectivity index is 1.58. The second-order valence-corrected chi connectivity index (χ2v) is 9.29. The summed E-state index contributed by atoms with van der Waals surface area (Å²) >= 11 is 0. The fourth-order valence-corrected chi connectivity index (χ4v) is 5.36. The van der Waals surface area contributed by atoms with E-state index in [1.165, 1.54) is 25.5 Å². The van der Waals surface area contributed by atoms with Crippen molar-refractivity contribution in [3.05, 3.63) is 35.9 Å². The molecule has 2 aliphatic carbocycles. The Hall–Kier alpha value is -2.08. The summed E-state index contributed by atoms with van der Waals surface area (Å²) in [6.45, 7) is 1.51. The molecule has 3 fully saturated rings. The minimum atomic E-state index is -0.343. The van der Waals surface area contributed by atoms with Crippen molar-refractivity contribution < 1.29 is 14.3 Å². The summed E-state index contributed by atoms with van der Waals surface area (Å²) in [5.41, 5.74) is 1.18. The van der Waals surface area contributed by atoms with E-state index in [-0.39, 0.29) is 29.6 Å². The summed E-state index contributed by atoms with van der Waals surface area (Å²) in [7, 11) is 5.71. The Morgan fingerprint density at radius 3 is 2.34 bits per heavy atom. The predicted octanol–water partition coefficient (Wildman–Crippen LogP) is 3.08. The molecule has 1 aromatic rings. The van der Waals surface area contributed by atoms with Crippen LogP contribution in [0.25, 0.3) is 0 Å². The standard InChI is InChI=1S/C23H33N3O3/c1-24(2)23(19-7-5-4-6-8-19)13-11-22(12-14-23)17-25(16-20(27)29-3)21(28)26(22)15-18-9-10-18/h4-8,18H,9-17H2,1-3H3/t22-,23+. The van der Waals surface area contributed by atoms with E-state index >= 15 is 0 Å². The van der Waals surface area contributed by atoms with Crippen LogP contribution < -0.4 is 0 Å². The average Bonchev–Trinajstić information content (AvgIpc) is 3.52. The van der Waals surface area contributed by atoms with Gasteiger partial charge in [-0.15, -0.1) is 0 Å². The number of hydrogen-bond acceptors (Lipinski definition) is 4. The van der Waals surface area contributed by atoms with Crippen molar-refractivity contribution in [3.63, 3.8) is 0 Å². The molecule has 158 valence electrons. The Kier molecular flexibility index (Phi) is 5.32. The molecule has 0 bridgehead atoms. The van der Waals surface area contributed by atoms with Crippen LogP contribution in [0.2, 0.25) is 0 Å². The lowest BCUT2D eigenvalue weighted by Crippen LogP contribution is -2.55. The zero-order valence-corrected chi connectivity index (χ0v) is 17.9. The van der Waals surface area contributed by atoms with Crippen LogP contribution in [-0.2, 0) is 15.1 Å². The summed E-state index contributed by atoms with van der Waals surface area (Å²) in [4.78, 5) is 31.2. The number of hydrogen-bond donors (Lipinski definition) is 0. The van der Waals surface area contributed by atoms with Gasteiger partial charge in [-0.25, -0.2) is 4.79 Å². The SMILES string of the molecule is COC(=O)CN1C[C@]2(CC[C@](c3ccccc3)(N(C)C)CC2)N(CC2CC2)C1=O. The zero-order chi connectivity index (χ0) is 20.6. The molecule has 0 unspecified atom stereocenters. The normalized spacial score (nSPS) is 29.7. The van der Waals surface area contributed by atoms with Gasteiger partial charge in [-0.2, -0.15) is 0 Å². The number of carbonyl (C=O) groups is 2. The third kappa shape index (κ3) is 3.63. The lowest BCUT2D eigenvalue weighted by molar-refractivity contribution is -0.141. The molecule has 2 amide bonds. The Bertz CT molecular complexity index is 752. The number of carbonyl (C=O) groups excluding carboxylic acids is 2. The molecule has 0 radical (unpaired) electrons. The first-order chi connectivity index (χ1) is 13.9. The molecule has 0 atom stereocenters. The first kappa shape index (κ1) is 20.2. The van der Waals surface area contributed by atoms with Gasteiger partial charge in [-0.1, -0.05) is 30.3 Å². The maximum atomic E-state index is 13.2. The third-order valence-corrected chi connectivity index (χ3v) is 7.42. The first-order valence-electron chi connectivity index (χ1n) is 10.8. The Labute approximate surface area is 173 Å². The molecule has 1 spiro atoms. The number of ether oxygens (including phenoxy) is 1. The number of nitrogens with zero attached hydrogens (tertiary/aromatic N) is 3. The molecule has 4 rings (SSSR count). The van der Waals surface area contributed by atoms with E-state index in [1.54, 1.807) is 4.90 Å². The molecular formula is C23H33N3O3. The van der Waals surface area contributed by atoms with E-state index in [4.69, 9.17) is 4.74 Å². The van der Waals surface area contributed by atoms with Gasteiger partial charge >= 0.3 is 12.0 Å². The number of urea groups is 1. The molecule has 6 heteroatoms. The van der Waals surface area contributed by atoms with Crippen molar-refractivity contribution in [2.24, 2.45) is 5.92 Å². The van der Waals surface area contributed by atoms with Crippen LogP contribution >= 0.6 is 0 Å². The fraction of sp³-hybridized carbons (Fsp3) is 0.652. The van der Waals surface area contributed by atoms with Crippen molar-refractivity contribution in [2.75, 3.05) is 40.8 Å². The van der Waals surface area contributed by atoms with Crippen LogP contribution in [0.15, 0.2) is 30.3 Å². The van der Waals surface area contributed by atoms with Gasteiger partial charge in [-0.3, -0.25) is 9.69 Å². The molecule has 0 aromatic heterocycles. The van der Waals surface area contributed by atoms with Crippen molar-refractivity contribution in [1.29, 1.82) is 0 Å². The van der Waals surface area contributed by atoms with E-state index in [9.17, 15) is 9.59 Å². The molecular weight excluding hydrogens is 366 g/mol. The van der Waals surface area contributed by atoms with Crippen LogP contribution in [0, 0.1) is 5.92 Å². The highest BCUT2D eigenvalue weighted by Gasteiger charge is 2.55. The van der Waals surface area contributed by atoms with Gasteiger partial charge in [0.2, 0.25) is 0 Å². The van der Waals surface area contributed by atoms with Gasteiger partial charge < -0.3 is 14.5 Å². The molecule has 3 aliphatic rings. The third-order valence-electron chi connectivity index (χ3n) is 7.42. The number of rotatable bonds is 6. The first-order valence-corrected chi connectivity index (χ1v) is 10.8. The van der Waals surface area contributed by atoms with E-state index in [0.29, 0.717) is 12.5 Å². The highest BCUT2D eigenvalue weighted by molar-refractivity contribution is 5.83. The topological polar surface area (TPSA) is 53.1 Å². The quantitative estimate of drug-likeness (QED) is 0.690. The van der Waals surface area contributed by atoms with Gasteiger partial charge in [0, 0.05) is 18.6 Å². The van der Waals surface area contributed by atoms with Crippen molar-refractivity contribution in [2.45, 2.75) is 49.6 Å². The molecule has 29 heavy (non-hydrogen) atoms. The van der Waals surface area contributed by atoms with Crippen molar-refractivity contribution >= 4 is 12.0 Å². The molecule has 1 saturated heterocycles. The molecule has 0 N–H and O–H groups in total. The fourth-order valence-electron chi connectivity index (χ4n) is 5.36. The van der Waals surface area contributed by atoms with Crippen molar-refractivity contribution in [3.8, 4) is 0 Å². The van der Waals surface area contributed by atoms with Gasteiger partial charge in [0.1, 0.15) is 6.54 Å². The maximum Gasteiger partial charge on any atom is 0.325 e.